The lowest BCUT2D eigenvalue weighted by Gasteiger charge is -2.28. The second kappa shape index (κ2) is 6.96. The van der Waals surface area contributed by atoms with Gasteiger partial charge in [-0.2, -0.15) is 0 Å². The first-order valence-corrected chi connectivity index (χ1v) is 9.55. The van der Waals surface area contributed by atoms with Crippen molar-refractivity contribution < 1.29 is 10.1 Å². The maximum absolute atomic E-state index is 6.33. The third kappa shape index (κ3) is 2.80. The molecule has 1 aliphatic heterocycles. The minimum Gasteiger partial charge on any atom is -0.453 e. The molecule has 4 nitrogen and oxygen atoms in total. The van der Waals surface area contributed by atoms with E-state index in [0.717, 1.165) is 42.5 Å². The monoisotopic (exact) mass is 348 g/mol. The summed E-state index contributed by atoms with van der Waals surface area (Å²) < 4.78 is 6.33. The highest BCUT2D eigenvalue weighted by Gasteiger charge is 2.31. The van der Waals surface area contributed by atoms with Crippen LogP contribution in [0.1, 0.15) is 37.9 Å². The van der Waals surface area contributed by atoms with E-state index in [1.807, 2.05) is 0 Å². The lowest BCUT2D eigenvalue weighted by atomic mass is 9.89. The zero-order valence-electron chi connectivity index (χ0n) is 15.7. The van der Waals surface area contributed by atoms with E-state index < -0.39 is 0 Å². The van der Waals surface area contributed by atoms with Crippen molar-refractivity contribution in [1.82, 2.24) is 0 Å². The van der Waals surface area contributed by atoms with Crippen LogP contribution in [0.2, 0.25) is 0 Å². The van der Waals surface area contributed by atoms with E-state index >= 15 is 0 Å². The topological polar surface area (TPSA) is 41.4 Å². The maximum atomic E-state index is 6.33. The molecule has 2 aliphatic rings. The molecular weight excluding hydrogens is 322 g/mol. The quantitative estimate of drug-likeness (QED) is 0.897. The number of hydrogen-bond donors (Lipinski definition) is 1. The Morgan fingerprint density at radius 1 is 1.08 bits per heavy atom. The molecule has 26 heavy (non-hydrogen) atoms. The third-order valence-corrected chi connectivity index (χ3v) is 5.15. The van der Waals surface area contributed by atoms with E-state index in [9.17, 15) is 0 Å². The van der Waals surface area contributed by atoms with Crippen LogP contribution in [0.5, 0.6) is 5.75 Å². The van der Waals surface area contributed by atoms with Crippen LogP contribution in [0.15, 0.2) is 59.3 Å². The van der Waals surface area contributed by atoms with Crippen molar-refractivity contribution in [2.45, 2.75) is 26.8 Å². The Balaban J connectivity index is 1.79. The molecule has 1 unspecified atom stereocenters. The number of aliphatic imine (C=N–C) groups is 1. The summed E-state index contributed by atoms with van der Waals surface area (Å²) in [5.74, 6) is 1.72. The molecule has 0 saturated heterocycles. The van der Waals surface area contributed by atoms with Crippen LogP contribution < -0.4 is 15.0 Å². The molecule has 0 bridgehead atoms. The van der Waals surface area contributed by atoms with Crippen molar-refractivity contribution in [2.24, 2.45) is 4.99 Å². The molecule has 0 fully saturated rings. The molecule has 0 radical (unpaired) electrons. The summed E-state index contributed by atoms with van der Waals surface area (Å²) in [6.45, 7) is 9.51. The van der Waals surface area contributed by atoms with Gasteiger partial charge in [0.15, 0.2) is 11.5 Å². The number of nitrogens with zero attached hydrogens (tertiary/aromatic N) is 2. The van der Waals surface area contributed by atoms with Gasteiger partial charge in [0.2, 0.25) is 0 Å². The number of ether oxygens (including phenoxy) is 1. The number of hydrogen-bond acceptors (Lipinski definition) is 3. The van der Waals surface area contributed by atoms with E-state index in [-0.39, 0.29) is 6.04 Å². The molecule has 1 aliphatic carbocycles. The predicted molar refractivity (Wildman–Crippen MR) is 107 cm³/mol. The molecule has 0 saturated carbocycles. The highest BCUT2D eigenvalue weighted by molar-refractivity contribution is 6.15. The molecule has 0 aromatic heterocycles. The zero-order valence-corrected chi connectivity index (χ0v) is 15.7. The van der Waals surface area contributed by atoms with Crippen molar-refractivity contribution in [2.75, 3.05) is 24.5 Å². The Kier molecular flexibility index (Phi) is 4.51. The van der Waals surface area contributed by atoms with Crippen LogP contribution in [0.25, 0.3) is 0 Å². The fourth-order valence-corrected chi connectivity index (χ4v) is 3.82. The van der Waals surface area contributed by atoms with Crippen LogP contribution in [-0.4, -0.2) is 25.3 Å². The molecular formula is C22H26N3O+. The maximum Gasteiger partial charge on any atom is 0.156 e. The average molecular weight is 348 g/mol. The SMILES string of the molecule is CC[NH2+]C1C=C2Oc3cc(N(CC)CC)ccc3N=C2c2ccccc21. The van der Waals surface area contributed by atoms with Gasteiger partial charge < -0.3 is 15.0 Å². The highest BCUT2D eigenvalue weighted by atomic mass is 16.5. The largest absolute Gasteiger partial charge is 0.453 e. The second-order valence-electron chi connectivity index (χ2n) is 6.67. The molecule has 2 aromatic carbocycles. The Morgan fingerprint density at radius 2 is 1.88 bits per heavy atom. The second-order valence-corrected chi connectivity index (χ2v) is 6.67. The van der Waals surface area contributed by atoms with Gasteiger partial charge in [-0.05, 0) is 32.9 Å². The lowest BCUT2D eigenvalue weighted by molar-refractivity contribution is -0.683. The van der Waals surface area contributed by atoms with E-state index in [2.05, 4.69) is 79.5 Å². The Bertz CT molecular complexity index is 881. The summed E-state index contributed by atoms with van der Waals surface area (Å²) in [4.78, 5) is 7.27. The van der Waals surface area contributed by atoms with Gasteiger partial charge in [-0.25, -0.2) is 4.99 Å². The molecule has 2 N–H and O–H groups in total. The van der Waals surface area contributed by atoms with Crippen LogP contribution in [0.4, 0.5) is 11.4 Å². The van der Waals surface area contributed by atoms with E-state index in [1.165, 1.54) is 16.8 Å². The Labute approximate surface area is 155 Å². The van der Waals surface area contributed by atoms with Crippen LogP contribution in [0.3, 0.4) is 0 Å². The van der Waals surface area contributed by atoms with Gasteiger partial charge in [0.1, 0.15) is 17.4 Å². The number of anilines is 1. The standard InChI is InChI=1S/C22H25N3O/c1-4-23-19-14-21-22(17-10-8-7-9-16(17)19)24-18-12-11-15(13-20(18)26-21)25(5-2)6-3/h7-14,19,23H,4-6H2,1-3H3/p+1. The summed E-state index contributed by atoms with van der Waals surface area (Å²) in [6.07, 6.45) is 2.21. The van der Waals surface area contributed by atoms with Gasteiger partial charge in [0.25, 0.3) is 0 Å². The number of benzene rings is 2. The third-order valence-electron chi connectivity index (χ3n) is 5.15. The summed E-state index contributed by atoms with van der Waals surface area (Å²) in [7, 11) is 0. The Hall–Kier alpha value is -2.59. The van der Waals surface area contributed by atoms with Crippen molar-refractivity contribution >= 4 is 17.1 Å². The fourth-order valence-electron chi connectivity index (χ4n) is 3.82. The minimum atomic E-state index is 0.276. The van der Waals surface area contributed by atoms with Crippen molar-refractivity contribution in [1.29, 1.82) is 0 Å². The fraction of sp³-hybridized carbons (Fsp3) is 0.318. The van der Waals surface area contributed by atoms with Crippen LogP contribution in [-0.2, 0) is 0 Å². The first kappa shape index (κ1) is 16.9. The summed E-state index contributed by atoms with van der Waals surface area (Å²) in [5.41, 5.74) is 5.52. The zero-order chi connectivity index (χ0) is 18.1. The van der Waals surface area contributed by atoms with Gasteiger partial charge in [-0.1, -0.05) is 24.3 Å². The average Bonchev–Trinajstić information content (AvgIpc) is 2.68. The highest BCUT2D eigenvalue weighted by Crippen LogP contribution is 2.40. The number of allylic oxidation sites excluding steroid dienone is 1. The van der Waals surface area contributed by atoms with Crippen LogP contribution >= 0.6 is 0 Å². The molecule has 0 spiro atoms. The van der Waals surface area contributed by atoms with Crippen molar-refractivity contribution in [3.63, 3.8) is 0 Å². The first-order valence-electron chi connectivity index (χ1n) is 9.55. The lowest BCUT2D eigenvalue weighted by Crippen LogP contribution is -2.84. The molecule has 2 aromatic rings. The van der Waals surface area contributed by atoms with Crippen molar-refractivity contribution in [3.05, 3.63) is 65.4 Å². The number of quaternary nitrogens is 1. The van der Waals surface area contributed by atoms with E-state index in [4.69, 9.17) is 9.73 Å². The molecule has 134 valence electrons. The summed E-state index contributed by atoms with van der Waals surface area (Å²) >= 11 is 0. The molecule has 0 amide bonds. The number of fused-ring (bicyclic) bond motifs is 4. The summed E-state index contributed by atoms with van der Waals surface area (Å²) in [5, 5.41) is 2.33. The van der Waals surface area contributed by atoms with Crippen molar-refractivity contribution in [3.8, 4) is 5.75 Å². The van der Waals surface area contributed by atoms with Gasteiger partial charge in [-0.15, -0.1) is 0 Å². The van der Waals surface area contributed by atoms with E-state index in [1.54, 1.807) is 0 Å². The molecule has 1 heterocycles. The van der Waals surface area contributed by atoms with Crippen LogP contribution in [0, 0.1) is 0 Å². The first-order chi connectivity index (χ1) is 12.7. The molecule has 4 rings (SSSR count). The normalized spacial score (nSPS) is 17.3. The van der Waals surface area contributed by atoms with Gasteiger partial charge in [0.05, 0.1) is 6.54 Å². The Morgan fingerprint density at radius 3 is 2.65 bits per heavy atom. The number of rotatable bonds is 5. The minimum absolute atomic E-state index is 0.276. The van der Waals surface area contributed by atoms with Gasteiger partial charge in [-0.3, -0.25) is 0 Å². The molecule has 4 heteroatoms. The van der Waals surface area contributed by atoms with Gasteiger partial charge in [0, 0.05) is 42.0 Å². The van der Waals surface area contributed by atoms with Gasteiger partial charge >= 0.3 is 0 Å². The summed E-state index contributed by atoms with van der Waals surface area (Å²) in [6, 6.07) is 15.1. The van der Waals surface area contributed by atoms with E-state index in [0.29, 0.717) is 0 Å². The smallest absolute Gasteiger partial charge is 0.156 e. The molecule has 1 atom stereocenters. The number of nitrogens with two attached hydrogens (primary N) is 1. The number of likely N-dealkylation sites (N-methyl/N-ethyl adjacent to an activating group) is 1. The predicted octanol–water partition coefficient (Wildman–Crippen LogP) is 3.57.